The second-order valence-corrected chi connectivity index (χ2v) is 7.06. The first-order chi connectivity index (χ1) is 7.95. The molecule has 96 valence electrons. The van der Waals surface area contributed by atoms with Crippen molar-refractivity contribution in [1.82, 2.24) is 0 Å². The Morgan fingerprint density at radius 1 is 1.41 bits per heavy atom. The van der Waals surface area contributed by atoms with Crippen LogP contribution < -0.4 is 0 Å². The minimum atomic E-state index is -0.176. The van der Waals surface area contributed by atoms with Gasteiger partial charge in [0.1, 0.15) is 6.10 Å². The number of hydrogen-bond donors (Lipinski definition) is 1. The Morgan fingerprint density at radius 3 is 2.35 bits per heavy atom. The fraction of sp³-hybridized carbons (Fsp3) is 0.867. The van der Waals surface area contributed by atoms with Crippen molar-refractivity contribution >= 4 is 0 Å². The molecule has 0 radical (unpaired) electrons. The Hall–Kier alpha value is -0.340. The lowest BCUT2D eigenvalue weighted by atomic mass is 9.70. The molecule has 2 nitrogen and oxygen atoms in total. The molecule has 0 saturated heterocycles. The van der Waals surface area contributed by atoms with Gasteiger partial charge >= 0.3 is 0 Å². The maximum absolute atomic E-state index is 8.91. The van der Waals surface area contributed by atoms with Gasteiger partial charge in [0.25, 0.3) is 0 Å². The molecule has 4 bridgehead atoms. The van der Waals surface area contributed by atoms with Gasteiger partial charge in [0.2, 0.25) is 0 Å². The molecule has 4 saturated carbocycles. The van der Waals surface area contributed by atoms with E-state index in [-0.39, 0.29) is 6.10 Å². The highest BCUT2D eigenvalue weighted by Crippen LogP contribution is 2.87. The van der Waals surface area contributed by atoms with E-state index < -0.39 is 0 Å². The molecule has 0 aromatic heterocycles. The van der Waals surface area contributed by atoms with E-state index in [1.54, 1.807) is 0 Å². The molecule has 0 spiro atoms. The van der Waals surface area contributed by atoms with Crippen molar-refractivity contribution in [2.45, 2.75) is 52.6 Å². The molecule has 17 heavy (non-hydrogen) atoms. The second kappa shape index (κ2) is 3.36. The first-order valence-electron chi connectivity index (χ1n) is 6.90. The summed E-state index contributed by atoms with van der Waals surface area (Å²) in [4.78, 5) is 4.55. The van der Waals surface area contributed by atoms with Crippen LogP contribution in [0.3, 0.4) is 0 Å². The van der Waals surface area contributed by atoms with Crippen molar-refractivity contribution in [1.29, 1.82) is 0 Å². The lowest BCUT2D eigenvalue weighted by Gasteiger charge is -2.35. The average molecular weight is 236 g/mol. The van der Waals surface area contributed by atoms with Gasteiger partial charge in [-0.3, -0.25) is 5.26 Å². The Kier molecular flexibility index (Phi) is 2.32. The first-order valence-corrected chi connectivity index (χ1v) is 6.90. The lowest BCUT2D eigenvalue weighted by Crippen LogP contribution is -2.29. The minimum absolute atomic E-state index is 0.176. The van der Waals surface area contributed by atoms with E-state index in [4.69, 9.17) is 5.26 Å². The maximum atomic E-state index is 8.91. The van der Waals surface area contributed by atoms with Crippen LogP contribution in [0.4, 0.5) is 0 Å². The third kappa shape index (κ3) is 1.23. The minimum Gasteiger partial charge on any atom is -0.251 e. The molecule has 3 unspecified atom stereocenters. The summed E-state index contributed by atoms with van der Waals surface area (Å²) < 4.78 is 0. The van der Waals surface area contributed by atoms with E-state index in [2.05, 4.69) is 25.3 Å². The normalized spacial score (nSPS) is 51.6. The predicted molar refractivity (Wildman–Crippen MR) is 67.5 cm³/mol. The smallest absolute Gasteiger partial charge is 0.113 e. The number of hydrogen-bond acceptors (Lipinski definition) is 2. The van der Waals surface area contributed by atoms with Crippen molar-refractivity contribution in [2.24, 2.45) is 28.6 Å². The average Bonchev–Trinajstić information content (AvgIpc) is 2.64. The van der Waals surface area contributed by atoms with Gasteiger partial charge in [-0.05, 0) is 66.8 Å². The monoisotopic (exact) mass is 236 g/mol. The quantitative estimate of drug-likeness (QED) is 0.446. The lowest BCUT2D eigenvalue weighted by molar-refractivity contribution is -0.270. The van der Waals surface area contributed by atoms with Crippen molar-refractivity contribution in [3.05, 3.63) is 12.2 Å². The second-order valence-electron chi connectivity index (χ2n) is 7.06. The van der Waals surface area contributed by atoms with Crippen molar-refractivity contribution in [2.75, 3.05) is 0 Å². The molecule has 0 aromatic carbocycles. The summed E-state index contributed by atoms with van der Waals surface area (Å²) in [6.45, 7) is 10.8. The van der Waals surface area contributed by atoms with E-state index in [1.165, 1.54) is 19.3 Å². The number of rotatable bonds is 5. The van der Waals surface area contributed by atoms with Crippen LogP contribution in [0.5, 0.6) is 0 Å². The molecule has 1 N–H and O–H groups in total. The molecule has 4 rings (SSSR count). The van der Waals surface area contributed by atoms with Crippen LogP contribution >= 0.6 is 0 Å². The zero-order chi connectivity index (χ0) is 12.4. The first kappa shape index (κ1) is 11.7. The van der Waals surface area contributed by atoms with Crippen LogP contribution in [0.15, 0.2) is 12.2 Å². The Morgan fingerprint density at radius 2 is 2.00 bits per heavy atom. The van der Waals surface area contributed by atoms with Gasteiger partial charge in [-0.1, -0.05) is 20.4 Å². The summed E-state index contributed by atoms with van der Waals surface area (Å²) in [5, 5.41) is 8.91. The third-order valence-corrected chi connectivity index (χ3v) is 6.73. The molecule has 4 aliphatic carbocycles. The van der Waals surface area contributed by atoms with Crippen LogP contribution in [-0.2, 0) is 4.89 Å². The third-order valence-electron chi connectivity index (χ3n) is 6.73. The largest absolute Gasteiger partial charge is 0.251 e. The zero-order valence-corrected chi connectivity index (χ0v) is 11.2. The van der Waals surface area contributed by atoms with Gasteiger partial charge in [-0.2, -0.15) is 0 Å². The van der Waals surface area contributed by atoms with E-state index in [1.807, 2.05) is 6.92 Å². The molecule has 2 heteroatoms. The summed E-state index contributed by atoms with van der Waals surface area (Å²) >= 11 is 0. The summed E-state index contributed by atoms with van der Waals surface area (Å²) in [5.41, 5.74) is 2.01. The fourth-order valence-electron chi connectivity index (χ4n) is 5.33. The summed E-state index contributed by atoms with van der Waals surface area (Å²) in [7, 11) is 0. The SMILES string of the molecule is C=C(C)[C@H](CCC1(C)C2CC3C(C2)C31C)OO. The maximum Gasteiger partial charge on any atom is 0.113 e. The van der Waals surface area contributed by atoms with E-state index in [0.717, 1.165) is 29.7 Å². The van der Waals surface area contributed by atoms with E-state index in [9.17, 15) is 0 Å². The van der Waals surface area contributed by atoms with Gasteiger partial charge in [0, 0.05) is 0 Å². The molecule has 4 aliphatic rings. The van der Waals surface area contributed by atoms with Gasteiger partial charge in [-0.25, -0.2) is 4.89 Å². The Bertz CT molecular complexity index is 350. The fourth-order valence-corrected chi connectivity index (χ4v) is 5.33. The molecule has 0 heterocycles. The molecule has 0 aliphatic heterocycles. The van der Waals surface area contributed by atoms with E-state index in [0.29, 0.717) is 10.8 Å². The van der Waals surface area contributed by atoms with Crippen LogP contribution in [0.1, 0.15) is 46.5 Å². The molecule has 0 aromatic rings. The Balaban J connectivity index is 1.68. The summed E-state index contributed by atoms with van der Waals surface area (Å²) in [6.07, 6.45) is 4.81. The Labute approximate surface area is 104 Å². The van der Waals surface area contributed by atoms with Crippen LogP contribution in [0.25, 0.3) is 0 Å². The van der Waals surface area contributed by atoms with Crippen molar-refractivity contribution in [3.8, 4) is 0 Å². The van der Waals surface area contributed by atoms with Gasteiger partial charge < -0.3 is 0 Å². The molecule has 4 atom stereocenters. The molecular formula is C15H24O2. The molecule has 0 amide bonds. The summed E-state index contributed by atoms with van der Waals surface area (Å²) in [5.74, 6) is 2.94. The van der Waals surface area contributed by atoms with Crippen molar-refractivity contribution < 1.29 is 10.1 Å². The highest BCUT2D eigenvalue weighted by Gasteiger charge is 2.80. The highest BCUT2D eigenvalue weighted by molar-refractivity contribution is 5.28. The van der Waals surface area contributed by atoms with E-state index >= 15 is 0 Å². The van der Waals surface area contributed by atoms with Gasteiger partial charge in [0.05, 0.1) is 0 Å². The molecular weight excluding hydrogens is 212 g/mol. The highest BCUT2D eigenvalue weighted by atomic mass is 17.1. The van der Waals surface area contributed by atoms with Crippen molar-refractivity contribution in [3.63, 3.8) is 0 Å². The van der Waals surface area contributed by atoms with Crippen LogP contribution in [-0.4, -0.2) is 11.4 Å². The zero-order valence-electron chi connectivity index (χ0n) is 11.2. The van der Waals surface area contributed by atoms with Crippen LogP contribution in [0.2, 0.25) is 0 Å². The van der Waals surface area contributed by atoms with Gasteiger partial charge in [-0.15, -0.1) is 0 Å². The van der Waals surface area contributed by atoms with Gasteiger partial charge in [0.15, 0.2) is 0 Å². The predicted octanol–water partition coefficient (Wildman–Crippen LogP) is 3.88. The summed E-state index contributed by atoms with van der Waals surface area (Å²) in [6, 6.07) is 0. The molecule has 4 fully saturated rings. The van der Waals surface area contributed by atoms with Crippen LogP contribution in [0, 0.1) is 28.6 Å². The topological polar surface area (TPSA) is 29.5 Å². The standard InChI is InChI=1S/C15H24O2/c1-9(2)13(17-16)5-6-14(3)10-7-11-12(8-10)15(11,14)4/h10-13,16H,1,5-8H2,2-4H3/t10?,11?,12?,13-,14?,15?/m0/s1.